The van der Waals surface area contributed by atoms with Gasteiger partial charge in [0, 0.05) is 44.6 Å². The van der Waals surface area contributed by atoms with Crippen LogP contribution in [0.1, 0.15) is 5.76 Å². The van der Waals surface area contributed by atoms with Gasteiger partial charge in [0.1, 0.15) is 17.3 Å². The van der Waals surface area contributed by atoms with Crippen LogP contribution in [0.25, 0.3) is 17.4 Å². The topological polar surface area (TPSA) is 62.5 Å². The molecule has 2 aromatic heterocycles. The van der Waals surface area contributed by atoms with Gasteiger partial charge < -0.3 is 14.2 Å². The van der Waals surface area contributed by atoms with Crippen LogP contribution in [0.2, 0.25) is 0 Å². The van der Waals surface area contributed by atoms with E-state index in [1.54, 1.807) is 59.8 Å². The van der Waals surface area contributed by atoms with Gasteiger partial charge in [-0.1, -0.05) is 12.1 Å². The molecule has 1 saturated heterocycles. The van der Waals surface area contributed by atoms with Crippen molar-refractivity contribution >= 4 is 17.9 Å². The third-order valence-corrected chi connectivity index (χ3v) is 4.58. The minimum Gasteiger partial charge on any atom is -0.457 e. The molecule has 28 heavy (non-hydrogen) atoms. The fourth-order valence-electron chi connectivity index (χ4n) is 3.09. The molecule has 3 aromatic rings. The van der Waals surface area contributed by atoms with Gasteiger partial charge in [0.25, 0.3) is 0 Å². The number of rotatable bonds is 4. The Morgan fingerprint density at radius 1 is 1.00 bits per heavy atom. The maximum absolute atomic E-state index is 13.8. The molecule has 1 aromatic carbocycles. The van der Waals surface area contributed by atoms with Crippen molar-refractivity contribution in [2.24, 2.45) is 0 Å². The lowest BCUT2D eigenvalue weighted by molar-refractivity contribution is -0.126. The summed E-state index contributed by atoms with van der Waals surface area (Å²) in [4.78, 5) is 24.7. The highest BCUT2D eigenvalue weighted by Gasteiger charge is 2.21. The zero-order valence-electron chi connectivity index (χ0n) is 15.2. The van der Waals surface area contributed by atoms with Crippen LogP contribution < -0.4 is 4.90 Å². The fraction of sp³-hybridized carbons (Fsp3) is 0.190. The van der Waals surface area contributed by atoms with Crippen molar-refractivity contribution in [3.05, 3.63) is 72.5 Å². The highest BCUT2D eigenvalue weighted by molar-refractivity contribution is 5.91. The van der Waals surface area contributed by atoms with Crippen LogP contribution >= 0.6 is 0 Å². The number of furan rings is 1. The lowest BCUT2D eigenvalue weighted by Crippen LogP contribution is -2.48. The van der Waals surface area contributed by atoms with Crippen LogP contribution in [-0.4, -0.2) is 47.0 Å². The second-order valence-corrected chi connectivity index (χ2v) is 6.38. The molecular weight excluding hydrogens is 359 g/mol. The standard InChI is InChI=1S/C21H19FN4O2/c22-18-5-2-1-4-17(18)19-8-6-16(28-19)7-9-20(27)25-12-14-26(15-13-25)21-23-10-3-11-24-21/h1-11H,12-15H2/b9-7+. The van der Waals surface area contributed by atoms with Gasteiger partial charge in [-0.25, -0.2) is 14.4 Å². The highest BCUT2D eigenvalue weighted by atomic mass is 19.1. The number of hydrogen-bond acceptors (Lipinski definition) is 5. The Bertz CT molecular complexity index is 979. The van der Waals surface area contributed by atoms with E-state index in [2.05, 4.69) is 14.9 Å². The molecule has 4 rings (SSSR count). The van der Waals surface area contributed by atoms with Crippen molar-refractivity contribution in [2.45, 2.75) is 0 Å². The number of piperazine rings is 1. The molecule has 1 fully saturated rings. The number of carbonyl (C=O) groups excluding carboxylic acids is 1. The average Bonchev–Trinajstić information content (AvgIpc) is 3.22. The number of halogens is 1. The van der Waals surface area contributed by atoms with Gasteiger partial charge in [-0.05, 0) is 36.4 Å². The Kier molecular flexibility index (Phi) is 5.14. The van der Waals surface area contributed by atoms with Crippen molar-refractivity contribution in [3.63, 3.8) is 0 Å². The number of amides is 1. The molecule has 1 amide bonds. The van der Waals surface area contributed by atoms with E-state index in [4.69, 9.17) is 4.42 Å². The molecule has 0 N–H and O–H groups in total. The first kappa shape index (κ1) is 17.9. The smallest absolute Gasteiger partial charge is 0.246 e. The van der Waals surface area contributed by atoms with E-state index in [1.807, 2.05) is 0 Å². The quantitative estimate of drug-likeness (QED) is 0.652. The third-order valence-electron chi connectivity index (χ3n) is 4.58. The number of aromatic nitrogens is 2. The van der Waals surface area contributed by atoms with Gasteiger partial charge >= 0.3 is 0 Å². The van der Waals surface area contributed by atoms with Crippen LogP contribution in [0.4, 0.5) is 10.3 Å². The van der Waals surface area contributed by atoms with E-state index in [0.717, 1.165) is 0 Å². The molecule has 0 bridgehead atoms. The normalized spacial score (nSPS) is 14.6. The highest BCUT2D eigenvalue weighted by Crippen LogP contribution is 2.25. The summed E-state index contributed by atoms with van der Waals surface area (Å²) in [5.41, 5.74) is 0.396. The van der Waals surface area contributed by atoms with Gasteiger partial charge in [-0.15, -0.1) is 0 Å². The van der Waals surface area contributed by atoms with Crippen LogP contribution in [-0.2, 0) is 4.79 Å². The fourth-order valence-corrected chi connectivity index (χ4v) is 3.09. The van der Waals surface area contributed by atoms with E-state index in [-0.39, 0.29) is 11.7 Å². The monoisotopic (exact) mass is 378 g/mol. The molecule has 0 unspecified atom stereocenters. The molecule has 7 heteroatoms. The summed E-state index contributed by atoms with van der Waals surface area (Å²) >= 11 is 0. The second-order valence-electron chi connectivity index (χ2n) is 6.38. The molecule has 0 radical (unpaired) electrons. The molecule has 1 aliphatic heterocycles. The zero-order chi connectivity index (χ0) is 19.3. The Balaban J connectivity index is 1.36. The van der Waals surface area contributed by atoms with Crippen molar-refractivity contribution < 1.29 is 13.6 Å². The lowest BCUT2D eigenvalue weighted by Gasteiger charge is -2.34. The molecule has 0 spiro atoms. The Morgan fingerprint density at radius 2 is 1.75 bits per heavy atom. The van der Waals surface area contributed by atoms with Crippen molar-refractivity contribution in [2.75, 3.05) is 31.1 Å². The molecule has 0 atom stereocenters. The number of nitrogens with zero attached hydrogens (tertiary/aromatic N) is 4. The summed E-state index contributed by atoms with van der Waals surface area (Å²) in [5.74, 6) is 1.19. The molecular formula is C21H19FN4O2. The minimum absolute atomic E-state index is 0.0857. The van der Waals surface area contributed by atoms with Gasteiger partial charge in [0.2, 0.25) is 11.9 Å². The average molecular weight is 378 g/mol. The summed E-state index contributed by atoms with van der Waals surface area (Å²) in [6, 6.07) is 11.6. The molecule has 0 aliphatic carbocycles. The van der Waals surface area contributed by atoms with E-state index in [0.29, 0.717) is 49.2 Å². The summed E-state index contributed by atoms with van der Waals surface area (Å²) < 4.78 is 19.5. The Labute approximate surface area is 161 Å². The summed E-state index contributed by atoms with van der Waals surface area (Å²) in [7, 11) is 0. The maximum atomic E-state index is 13.8. The lowest BCUT2D eigenvalue weighted by atomic mass is 10.1. The Morgan fingerprint density at radius 3 is 2.50 bits per heavy atom. The minimum atomic E-state index is -0.344. The van der Waals surface area contributed by atoms with Gasteiger partial charge in [-0.3, -0.25) is 4.79 Å². The molecule has 3 heterocycles. The van der Waals surface area contributed by atoms with Crippen LogP contribution in [0.5, 0.6) is 0 Å². The molecule has 0 saturated carbocycles. The molecule has 142 valence electrons. The Hall–Kier alpha value is -3.48. The zero-order valence-corrected chi connectivity index (χ0v) is 15.2. The van der Waals surface area contributed by atoms with Crippen molar-refractivity contribution in [1.29, 1.82) is 0 Å². The number of benzene rings is 1. The third kappa shape index (κ3) is 3.93. The van der Waals surface area contributed by atoms with E-state index in [9.17, 15) is 9.18 Å². The first-order chi connectivity index (χ1) is 13.7. The van der Waals surface area contributed by atoms with Gasteiger partial charge in [0.15, 0.2) is 0 Å². The van der Waals surface area contributed by atoms with E-state index < -0.39 is 0 Å². The summed E-state index contributed by atoms with van der Waals surface area (Å²) in [6.07, 6.45) is 6.51. The van der Waals surface area contributed by atoms with E-state index >= 15 is 0 Å². The first-order valence-corrected chi connectivity index (χ1v) is 9.04. The van der Waals surface area contributed by atoms with Crippen LogP contribution in [0, 0.1) is 5.82 Å². The van der Waals surface area contributed by atoms with Crippen molar-refractivity contribution in [3.8, 4) is 11.3 Å². The predicted molar refractivity (Wildman–Crippen MR) is 104 cm³/mol. The van der Waals surface area contributed by atoms with Gasteiger partial charge in [-0.2, -0.15) is 0 Å². The maximum Gasteiger partial charge on any atom is 0.246 e. The SMILES string of the molecule is O=C(/C=C/c1ccc(-c2ccccc2F)o1)N1CCN(c2ncccn2)CC1. The van der Waals surface area contributed by atoms with E-state index in [1.165, 1.54) is 12.1 Å². The van der Waals surface area contributed by atoms with Crippen molar-refractivity contribution in [1.82, 2.24) is 14.9 Å². The molecule has 1 aliphatic rings. The number of carbonyl (C=O) groups is 1. The largest absolute Gasteiger partial charge is 0.457 e. The van der Waals surface area contributed by atoms with Crippen LogP contribution in [0.15, 0.2) is 65.4 Å². The number of anilines is 1. The molecule has 6 nitrogen and oxygen atoms in total. The number of hydrogen-bond donors (Lipinski definition) is 0. The summed E-state index contributed by atoms with van der Waals surface area (Å²) in [5, 5.41) is 0. The second kappa shape index (κ2) is 8.04. The van der Waals surface area contributed by atoms with Crippen LogP contribution in [0.3, 0.4) is 0 Å². The van der Waals surface area contributed by atoms with Gasteiger partial charge in [0.05, 0.1) is 5.56 Å². The first-order valence-electron chi connectivity index (χ1n) is 9.04. The predicted octanol–water partition coefficient (Wildman–Crippen LogP) is 3.24. The summed E-state index contributed by atoms with van der Waals surface area (Å²) in [6.45, 7) is 2.56.